The summed E-state index contributed by atoms with van der Waals surface area (Å²) < 4.78 is 6.29. The molecule has 9 nitrogen and oxygen atoms in total. The Bertz CT molecular complexity index is 964. The maximum Gasteiger partial charge on any atom is 0.357 e. The number of nitrogen functional groups attached to an aromatic ring is 1. The molecule has 0 atom stereocenters. The largest absolute Gasteiger partial charge is 0.464 e. The maximum atomic E-state index is 12.0. The van der Waals surface area contributed by atoms with E-state index in [0.717, 1.165) is 5.69 Å². The zero-order chi connectivity index (χ0) is 18.0. The Balaban J connectivity index is 2.03. The first-order valence-electron chi connectivity index (χ1n) is 7.48. The molecule has 0 saturated carbocycles. The Morgan fingerprint density at radius 3 is 2.56 bits per heavy atom. The number of aromatic nitrogens is 5. The molecule has 2 heterocycles. The number of esters is 1. The van der Waals surface area contributed by atoms with Gasteiger partial charge in [-0.05, 0) is 29.5 Å². The summed E-state index contributed by atoms with van der Waals surface area (Å²) in [6, 6.07) is 9.04. The second-order valence-corrected chi connectivity index (χ2v) is 5.14. The molecule has 0 aliphatic rings. The topological polar surface area (TPSA) is 125 Å². The number of aryl methyl sites for hydroxylation is 1. The Morgan fingerprint density at radius 1 is 1.32 bits per heavy atom. The van der Waals surface area contributed by atoms with E-state index in [1.165, 1.54) is 22.7 Å². The van der Waals surface area contributed by atoms with E-state index in [1.807, 2.05) is 13.0 Å². The minimum Gasteiger partial charge on any atom is -0.464 e. The van der Waals surface area contributed by atoms with Crippen LogP contribution in [0.15, 0.2) is 30.5 Å². The number of carbonyl (C=O) groups excluding carboxylic acids is 1. The number of carbonyl (C=O) groups is 1. The minimum absolute atomic E-state index is 0.0870. The van der Waals surface area contributed by atoms with Crippen LogP contribution in [-0.4, -0.2) is 37.9 Å². The highest BCUT2D eigenvalue weighted by Crippen LogP contribution is 2.25. The van der Waals surface area contributed by atoms with E-state index in [4.69, 9.17) is 15.7 Å². The molecule has 3 rings (SSSR count). The van der Waals surface area contributed by atoms with Crippen LogP contribution < -0.4 is 5.73 Å². The molecule has 0 aliphatic heterocycles. The number of ether oxygens (including phenoxy) is 1. The molecule has 0 aliphatic carbocycles. The highest BCUT2D eigenvalue weighted by atomic mass is 16.5. The lowest BCUT2D eigenvalue weighted by atomic mass is 10.2. The molecular weight excluding hydrogens is 322 g/mol. The molecule has 0 fully saturated rings. The van der Waals surface area contributed by atoms with E-state index in [1.54, 1.807) is 24.3 Å². The zero-order valence-electron chi connectivity index (χ0n) is 13.7. The van der Waals surface area contributed by atoms with Gasteiger partial charge in [0.15, 0.2) is 11.5 Å². The molecule has 0 bridgehead atoms. The van der Waals surface area contributed by atoms with E-state index in [2.05, 4.69) is 15.4 Å². The van der Waals surface area contributed by atoms with Crippen molar-refractivity contribution in [2.24, 2.45) is 0 Å². The Morgan fingerprint density at radius 2 is 2.00 bits per heavy atom. The monoisotopic (exact) mass is 337 g/mol. The number of methoxy groups -OCH3 is 1. The standard InChI is InChI=1S/C16H15N7O2/c1-3-13-19-21-23(20-13)12-6-4-11(5-7-12)22-9-10(8-17)14(18)15(22)16(24)25-2/h4-7,9H,3,18H2,1-2H3. The summed E-state index contributed by atoms with van der Waals surface area (Å²) in [6.45, 7) is 1.95. The third kappa shape index (κ3) is 2.81. The highest BCUT2D eigenvalue weighted by Gasteiger charge is 2.21. The number of nitrogens with two attached hydrogens (primary N) is 1. The molecular formula is C16H15N7O2. The van der Waals surface area contributed by atoms with Gasteiger partial charge in [0.25, 0.3) is 0 Å². The Kier molecular flexibility index (Phi) is 4.18. The SMILES string of the molecule is CCc1nnn(-c2ccc(-n3cc(C#N)c(N)c3C(=O)OC)cc2)n1. The summed E-state index contributed by atoms with van der Waals surface area (Å²) in [5.74, 6) is 0.0301. The van der Waals surface area contributed by atoms with Gasteiger partial charge >= 0.3 is 5.97 Å². The van der Waals surface area contributed by atoms with Crippen molar-refractivity contribution in [2.75, 3.05) is 12.8 Å². The normalized spacial score (nSPS) is 10.4. The average molecular weight is 337 g/mol. The van der Waals surface area contributed by atoms with Crippen LogP contribution in [0.5, 0.6) is 0 Å². The fraction of sp³-hybridized carbons (Fsp3) is 0.188. The second-order valence-electron chi connectivity index (χ2n) is 5.14. The zero-order valence-corrected chi connectivity index (χ0v) is 13.7. The number of rotatable bonds is 4. The number of tetrazole rings is 1. The lowest BCUT2D eigenvalue weighted by molar-refractivity contribution is 0.0593. The maximum absolute atomic E-state index is 12.0. The summed E-state index contributed by atoms with van der Waals surface area (Å²) in [6.07, 6.45) is 2.19. The van der Waals surface area contributed by atoms with Gasteiger partial charge in [-0.25, -0.2) is 4.79 Å². The number of hydrogen-bond acceptors (Lipinski definition) is 7. The second kappa shape index (κ2) is 6.45. The molecule has 0 saturated heterocycles. The van der Waals surface area contributed by atoms with Crippen molar-refractivity contribution in [1.29, 1.82) is 5.26 Å². The van der Waals surface area contributed by atoms with Crippen LogP contribution in [0.1, 0.15) is 28.8 Å². The van der Waals surface area contributed by atoms with Crippen LogP contribution in [0, 0.1) is 11.3 Å². The van der Waals surface area contributed by atoms with Gasteiger partial charge < -0.3 is 15.0 Å². The summed E-state index contributed by atoms with van der Waals surface area (Å²) in [4.78, 5) is 13.4. The first-order chi connectivity index (χ1) is 12.1. The number of nitriles is 1. The van der Waals surface area contributed by atoms with Crippen molar-refractivity contribution in [3.8, 4) is 17.4 Å². The van der Waals surface area contributed by atoms with Crippen molar-refractivity contribution in [2.45, 2.75) is 13.3 Å². The first-order valence-corrected chi connectivity index (χ1v) is 7.48. The molecule has 126 valence electrons. The molecule has 9 heteroatoms. The molecule has 3 aromatic rings. The third-order valence-corrected chi connectivity index (χ3v) is 3.67. The lowest BCUT2D eigenvalue weighted by Gasteiger charge is -2.09. The van der Waals surface area contributed by atoms with Crippen LogP contribution in [0.25, 0.3) is 11.4 Å². The fourth-order valence-electron chi connectivity index (χ4n) is 2.36. The van der Waals surface area contributed by atoms with Crippen molar-refractivity contribution < 1.29 is 9.53 Å². The van der Waals surface area contributed by atoms with Gasteiger partial charge in [0.05, 0.1) is 24.0 Å². The summed E-state index contributed by atoms with van der Waals surface area (Å²) in [5.41, 5.74) is 7.66. The lowest BCUT2D eigenvalue weighted by Crippen LogP contribution is -2.11. The van der Waals surface area contributed by atoms with Gasteiger partial charge in [-0.2, -0.15) is 5.26 Å². The first kappa shape index (κ1) is 16.2. The van der Waals surface area contributed by atoms with E-state index >= 15 is 0 Å². The van der Waals surface area contributed by atoms with E-state index in [9.17, 15) is 4.79 Å². The molecule has 2 N–H and O–H groups in total. The van der Waals surface area contributed by atoms with Crippen LogP contribution in [-0.2, 0) is 11.2 Å². The third-order valence-electron chi connectivity index (χ3n) is 3.67. The van der Waals surface area contributed by atoms with Gasteiger partial charge in [-0.1, -0.05) is 6.92 Å². The van der Waals surface area contributed by atoms with E-state index in [0.29, 0.717) is 17.9 Å². The minimum atomic E-state index is -0.617. The Labute approximate surface area is 143 Å². The highest BCUT2D eigenvalue weighted by molar-refractivity contribution is 5.95. The summed E-state index contributed by atoms with van der Waals surface area (Å²) in [7, 11) is 1.26. The van der Waals surface area contributed by atoms with Crippen LogP contribution >= 0.6 is 0 Å². The van der Waals surface area contributed by atoms with Crippen LogP contribution in [0.2, 0.25) is 0 Å². The van der Waals surface area contributed by atoms with Crippen molar-refractivity contribution in [1.82, 2.24) is 24.8 Å². The van der Waals surface area contributed by atoms with Crippen LogP contribution in [0.4, 0.5) is 5.69 Å². The van der Waals surface area contributed by atoms with Crippen molar-refractivity contribution >= 4 is 11.7 Å². The smallest absolute Gasteiger partial charge is 0.357 e. The van der Waals surface area contributed by atoms with Crippen molar-refractivity contribution in [3.63, 3.8) is 0 Å². The summed E-state index contributed by atoms with van der Waals surface area (Å²) in [5, 5.41) is 21.3. The number of hydrogen-bond donors (Lipinski definition) is 1. The van der Waals surface area contributed by atoms with E-state index in [-0.39, 0.29) is 16.9 Å². The fourth-order valence-corrected chi connectivity index (χ4v) is 2.36. The summed E-state index contributed by atoms with van der Waals surface area (Å²) >= 11 is 0. The quantitative estimate of drug-likeness (QED) is 0.710. The molecule has 0 unspecified atom stereocenters. The van der Waals surface area contributed by atoms with Crippen LogP contribution in [0.3, 0.4) is 0 Å². The predicted octanol–water partition coefficient (Wildman–Crippen LogP) is 1.26. The molecule has 1 aromatic carbocycles. The molecule has 0 amide bonds. The molecule has 0 spiro atoms. The molecule has 2 aromatic heterocycles. The predicted molar refractivity (Wildman–Crippen MR) is 88.3 cm³/mol. The van der Waals surface area contributed by atoms with E-state index < -0.39 is 5.97 Å². The number of anilines is 1. The molecule has 25 heavy (non-hydrogen) atoms. The van der Waals surface area contributed by atoms with Gasteiger partial charge in [-0.15, -0.1) is 15.0 Å². The average Bonchev–Trinajstić information content (AvgIpc) is 3.25. The molecule has 0 radical (unpaired) electrons. The van der Waals surface area contributed by atoms with Gasteiger partial charge in [0.1, 0.15) is 6.07 Å². The van der Waals surface area contributed by atoms with Gasteiger partial charge in [0.2, 0.25) is 0 Å². The number of benzene rings is 1. The number of nitrogens with zero attached hydrogens (tertiary/aromatic N) is 6. The van der Waals surface area contributed by atoms with Crippen molar-refractivity contribution in [3.05, 3.63) is 47.5 Å². The van der Waals surface area contributed by atoms with Gasteiger partial charge in [0, 0.05) is 18.3 Å². The van der Waals surface area contributed by atoms with Gasteiger partial charge in [-0.3, -0.25) is 0 Å². The Hall–Kier alpha value is -3.67.